The summed E-state index contributed by atoms with van der Waals surface area (Å²) in [5, 5.41) is 12.4. The number of aromatic nitrogens is 3. The van der Waals surface area contributed by atoms with E-state index in [1.807, 2.05) is 0 Å². The summed E-state index contributed by atoms with van der Waals surface area (Å²) in [6, 6.07) is 5.13. The van der Waals surface area contributed by atoms with Crippen LogP contribution in [0.5, 0.6) is 0 Å². The van der Waals surface area contributed by atoms with E-state index in [0.717, 1.165) is 18.3 Å². The number of carbonyl (C=O) groups is 2. The molecule has 0 bridgehead atoms. The summed E-state index contributed by atoms with van der Waals surface area (Å²) in [6.45, 7) is 1.39. The molecular weight excluding hydrogens is 480 g/mol. The third-order valence-corrected chi connectivity index (χ3v) is 5.60. The average Bonchev–Trinajstić information content (AvgIpc) is 3.24. The number of carbonyl (C=O) groups excluding carboxylic acids is 2. The summed E-state index contributed by atoms with van der Waals surface area (Å²) < 4.78 is 54.1. The maximum atomic E-state index is 14.5. The molecule has 7 nitrogen and oxygen atoms in total. The van der Waals surface area contributed by atoms with Gasteiger partial charge in [0.15, 0.2) is 11.6 Å². The SMILES string of the molecule is CC(CO)n1cc(C(=O)c2cncc(NC(=O)Cc3ccc(C(F)(F)F)cc3)c2)c2cncc(F)c21. The predicted octanol–water partition coefficient (Wildman–Crippen LogP) is 4.55. The van der Waals surface area contributed by atoms with Gasteiger partial charge in [-0.25, -0.2) is 4.39 Å². The zero-order valence-corrected chi connectivity index (χ0v) is 18.9. The zero-order chi connectivity index (χ0) is 26.0. The number of amides is 1. The van der Waals surface area contributed by atoms with Gasteiger partial charge in [-0.1, -0.05) is 12.1 Å². The Morgan fingerprint density at radius 3 is 2.44 bits per heavy atom. The van der Waals surface area contributed by atoms with Crippen molar-refractivity contribution in [3.05, 3.63) is 89.4 Å². The highest BCUT2D eigenvalue weighted by Crippen LogP contribution is 2.30. The summed E-state index contributed by atoms with van der Waals surface area (Å²) in [4.78, 5) is 33.5. The van der Waals surface area contributed by atoms with E-state index in [9.17, 15) is 32.3 Å². The smallest absolute Gasteiger partial charge is 0.394 e. The quantitative estimate of drug-likeness (QED) is 0.287. The van der Waals surface area contributed by atoms with E-state index in [-0.39, 0.29) is 40.7 Å². The van der Waals surface area contributed by atoms with Crippen molar-refractivity contribution in [3.63, 3.8) is 0 Å². The fourth-order valence-electron chi connectivity index (χ4n) is 3.77. The van der Waals surface area contributed by atoms with E-state index in [4.69, 9.17) is 0 Å². The summed E-state index contributed by atoms with van der Waals surface area (Å²) in [7, 11) is 0. The van der Waals surface area contributed by atoms with Gasteiger partial charge in [-0.2, -0.15) is 13.2 Å². The second-order valence-corrected chi connectivity index (χ2v) is 8.21. The van der Waals surface area contributed by atoms with Crippen molar-refractivity contribution >= 4 is 28.3 Å². The molecule has 3 heterocycles. The second kappa shape index (κ2) is 9.86. The van der Waals surface area contributed by atoms with Gasteiger partial charge in [-0.3, -0.25) is 19.6 Å². The van der Waals surface area contributed by atoms with Crippen molar-refractivity contribution in [1.82, 2.24) is 14.5 Å². The number of pyridine rings is 2. The number of nitrogens with one attached hydrogen (secondary N) is 1. The third-order valence-electron chi connectivity index (χ3n) is 5.60. The van der Waals surface area contributed by atoms with Crippen molar-refractivity contribution in [1.29, 1.82) is 0 Å². The average molecular weight is 500 g/mol. The lowest BCUT2D eigenvalue weighted by molar-refractivity contribution is -0.137. The Kier molecular flexibility index (Phi) is 6.84. The standard InChI is InChI=1S/C25H20F4N4O3/c1-14(13-34)33-12-20(19-10-31-11-21(26)23(19)33)24(36)16-7-18(9-30-8-16)32-22(35)6-15-2-4-17(5-3-15)25(27,28)29/h2-5,7-12,14,34H,6,13H2,1H3,(H,32,35). The molecule has 1 atom stereocenters. The van der Waals surface area contributed by atoms with Crippen LogP contribution < -0.4 is 5.32 Å². The lowest BCUT2D eigenvalue weighted by Crippen LogP contribution is -2.15. The molecule has 36 heavy (non-hydrogen) atoms. The minimum absolute atomic E-state index is 0.113. The van der Waals surface area contributed by atoms with Crippen LogP contribution in [0, 0.1) is 5.82 Å². The number of nitrogens with zero attached hydrogens (tertiary/aromatic N) is 3. The zero-order valence-electron chi connectivity index (χ0n) is 18.9. The van der Waals surface area contributed by atoms with Gasteiger partial charge in [-0.15, -0.1) is 0 Å². The normalized spacial score (nSPS) is 12.5. The first-order chi connectivity index (χ1) is 17.1. The molecule has 186 valence electrons. The van der Waals surface area contributed by atoms with Gasteiger partial charge >= 0.3 is 6.18 Å². The Balaban J connectivity index is 1.55. The minimum Gasteiger partial charge on any atom is -0.394 e. The number of hydrogen-bond donors (Lipinski definition) is 2. The summed E-state index contributed by atoms with van der Waals surface area (Å²) >= 11 is 0. The molecule has 11 heteroatoms. The largest absolute Gasteiger partial charge is 0.416 e. The molecule has 1 aromatic carbocycles. The summed E-state index contributed by atoms with van der Waals surface area (Å²) in [5.41, 5.74) is 0.154. The number of aliphatic hydroxyl groups is 1. The van der Waals surface area contributed by atoms with Crippen molar-refractivity contribution < 1.29 is 32.3 Å². The maximum absolute atomic E-state index is 14.5. The Morgan fingerprint density at radius 2 is 1.78 bits per heavy atom. The molecular formula is C25H20F4N4O3. The van der Waals surface area contributed by atoms with E-state index in [0.29, 0.717) is 5.56 Å². The Labute approximate surface area is 202 Å². The molecule has 0 aliphatic rings. The van der Waals surface area contributed by atoms with Crippen LogP contribution in [0.4, 0.5) is 23.2 Å². The molecule has 0 fully saturated rings. The van der Waals surface area contributed by atoms with Crippen molar-refractivity contribution in [3.8, 4) is 0 Å². The first-order valence-corrected chi connectivity index (χ1v) is 10.8. The molecule has 2 N–H and O–H groups in total. The first-order valence-electron chi connectivity index (χ1n) is 10.8. The molecule has 0 saturated heterocycles. The Hall–Kier alpha value is -4.12. The number of ketones is 1. The predicted molar refractivity (Wildman–Crippen MR) is 123 cm³/mol. The van der Waals surface area contributed by atoms with Crippen LogP contribution in [0.2, 0.25) is 0 Å². The summed E-state index contributed by atoms with van der Waals surface area (Å²) in [6.07, 6.45) is 1.77. The van der Waals surface area contributed by atoms with E-state index < -0.39 is 35.3 Å². The topological polar surface area (TPSA) is 97.1 Å². The van der Waals surface area contributed by atoms with Gasteiger partial charge in [0.1, 0.15) is 0 Å². The lowest BCUT2D eigenvalue weighted by atomic mass is 10.0. The Morgan fingerprint density at radius 1 is 1.08 bits per heavy atom. The lowest BCUT2D eigenvalue weighted by Gasteiger charge is -2.11. The van der Waals surface area contributed by atoms with E-state index in [2.05, 4.69) is 15.3 Å². The Bertz CT molecular complexity index is 1430. The molecule has 4 aromatic rings. The maximum Gasteiger partial charge on any atom is 0.416 e. The molecule has 0 aliphatic carbocycles. The van der Waals surface area contributed by atoms with Crippen LogP contribution in [0.1, 0.15) is 40.0 Å². The van der Waals surface area contributed by atoms with Crippen molar-refractivity contribution in [2.75, 3.05) is 11.9 Å². The van der Waals surface area contributed by atoms with Gasteiger partial charge in [0.2, 0.25) is 5.91 Å². The van der Waals surface area contributed by atoms with Gasteiger partial charge in [0, 0.05) is 35.1 Å². The number of halogens is 4. The van der Waals surface area contributed by atoms with Crippen LogP contribution in [0.25, 0.3) is 10.9 Å². The van der Waals surface area contributed by atoms with Crippen LogP contribution in [-0.4, -0.2) is 37.9 Å². The fraction of sp³-hybridized carbons (Fsp3) is 0.200. The van der Waals surface area contributed by atoms with Crippen molar-refractivity contribution in [2.24, 2.45) is 0 Å². The van der Waals surface area contributed by atoms with Gasteiger partial charge in [-0.05, 0) is 30.7 Å². The van der Waals surface area contributed by atoms with Gasteiger partial charge in [0.05, 0.1) is 48.2 Å². The number of aliphatic hydroxyl groups excluding tert-OH is 1. The highest BCUT2D eigenvalue weighted by Gasteiger charge is 2.30. The number of alkyl halides is 3. The number of fused-ring (bicyclic) bond motifs is 1. The molecule has 4 rings (SSSR count). The molecule has 0 saturated carbocycles. The number of benzene rings is 1. The highest BCUT2D eigenvalue weighted by atomic mass is 19.4. The molecule has 0 spiro atoms. The van der Waals surface area contributed by atoms with Crippen LogP contribution in [0.15, 0.2) is 61.3 Å². The molecule has 1 unspecified atom stereocenters. The highest BCUT2D eigenvalue weighted by molar-refractivity contribution is 6.16. The van der Waals surface area contributed by atoms with Crippen LogP contribution in [0.3, 0.4) is 0 Å². The third kappa shape index (κ3) is 5.10. The van der Waals surface area contributed by atoms with Gasteiger partial charge in [0.25, 0.3) is 0 Å². The number of anilines is 1. The van der Waals surface area contributed by atoms with Gasteiger partial charge < -0.3 is 15.0 Å². The van der Waals surface area contributed by atoms with E-state index >= 15 is 0 Å². The first kappa shape index (κ1) is 25.0. The number of rotatable bonds is 7. The van der Waals surface area contributed by atoms with Crippen molar-refractivity contribution in [2.45, 2.75) is 25.6 Å². The molecule has 1 amide bonds. The fourth-order valence-corrected chi connectivity index (χ4v) is 3.77. The van der Waals surface area contributed by atoms with Crippen LogP contribution >= 0.6 is 0 Å². The second-order valence-electron chi connectivity index (χ2n) is 8.21. The molecule has 0 aliphatic heterocycles. The minimum atomic E-state index is -4.47. The van der Waals surface area contributed by atoms with E-state index in [1.165, 1.54) is 47.6 Å². The summed E-state index contributed by atoms with van der Waals surface area (Å²) in [5.74, 6) is -1.65. The monoisotopic (exact) mass is 500 g/mol. The van der Waals surface area contributed by atoms with Crippen LogP contribution in [-0.2, 0) is 17.4 Å². The molecule has 3 aromatic heterocycles. The number of hydrogen-bond acceptors (Lipinski definition) is 5. The van der Waals surface area contributed by atoms with E-state index in [1.54, 1.807) is 6.92 Å². The molecule has 0 radical (unpaired) electrons.